The topological polar surface area (TPSA) is 55.1 Å². The number of thiocarbonyl (C=S) groups is 1. The molecule has 1 aliphatic rings. The maximum Gasteiger partial charge on any atom is 0.254 e. The predicted octanol–water partition coefficient (Wildman–Crippen LogP) is 2.66. The van der Waals surface area contributed by atoms with Gasteiger partial charge in [-0.3, -0.25) is 4.79 Å². The number of rotatable bonds is 3. The van der Waals surface area contributed by atoms with E-state index < -0.39 is 11.7 Å². The number of amides is 1. The highest BCUT2D eigenvalue weighted by Gasteiger charge is 2.31. The Bertz CT molecular complexity index is 523. The second-order valence-corrected chi connectivity index (χ2v) is 5.55. The Labute approximate surface area is 121 Å². The molecule has 0 aromatic heterocycles. The minimum atomic E-state index is -0.630. The standard InChI is InChI=1S/C13H14ClFN2OS/c14-7-4-5-8(10(15)6-7)13(18)17-11-3-1-2-9(11)12(16)19/h4-6,9,11H,1-3H2,(H2,16,19)(H,17,18). The number of hydrogen-bond donors (Lipinski definition) is 2. The molecule has 2 atom stereocenters. The molecule has 0 spiro atoms. The fraction of sp³-hybridized carbons (Fsp3) is 0.385. The molecule has 6 heteroatoms. The Morgan fingerprint density at radius 3 is 2.84 bits per heavy atom. The third-order valence-electron chi connectivity index (χ3n) is 3.37. The molecule has 0 bridgehead atoms. The van der Waals surface area contributed by atoms with Crippen LogP contribution >= 0.6 is 23.8 Å². The van der Waals surface area contributed by atoms with Gasteiger partial charge in [0.05, 0.1) is 10.6 Å². The molecular weight excluding hydrogens is 287 g/mol. The van der Waals surface area contributed by atoms with Crippen LogP contribution in [0, 0.1) is 11.7 Å². The zero-order valence-corrected chi connectivity index (χ0v) is 11.7. The Balaban J connectivity index is 2.10. The van der Waals surface area contributed by atoms with Crippen molar-refractivity contribution < 1.29 is 9.18 Å². The molecule has 102 valence electrons. The summed E-state index contributed by atoms with van der Waals surface area (Å²) < 4.78 is 13.6. The number of carbonyl (C=O) groups excluding carboxylic acids is 1. The van der Waals surface area contributed by atoms with Gasteiger partial charge in [0.25, 0.3) is 5.91 Å². The summed E-state index contributed by atoms with van der Waals surface area (Å²) in [6, 6.07) is 3.87. The number of nitrogens with one attached hydrogen (secondary N) is 1. The Kier molecular flexibility index (Phi) is 4.37. The monoisotopic (exact) mass is 300 g/mol. The zero-order chi connectivity index (χ0) is 14.0. The van der Waals surface area contributed by atoms with Crippen molar-refractivity contribution in [3.05, 3.63) is 34.6 Å². The Morgan fingerprint density at radius 1 is 1.47 bits per heavy atom. The van der Waals surface area contributed by atoms with E-state index in [-0.39, 0.29) is 22.5 Å². The largest absolute Gasteiger partial charge is 0.393 e. The third-order valence-corrected chi connectivity index (χ3v) is 3.91. The second kappa shape index (κ2) is 5.84. The lowest BCUT2D eigenvalue weighted by molar-refractivity contribution is 0.0929. The molecule has 3 N–H and O–H groups in total. The highest BCUT2D eigenvalue weighted by atomic mass is 35.5. The molecule has 1 aliphatic carbocycles. The summed E-state index contributed by atoms with van der Waals surface area (Å²) in [5.41, 5.74) is 5.63. The first-order valence-corrected chi connectivity index (χ1v) is 6.83. The molecule has 3 nitrogen and oxygen atoms in total. The second-order valence-electron chi connectivity index (χ2n) is 4.64. The number of halogens is 2. The van der Waals surface area contributed by atoms with Gasteiger partial charge in [-0.15, -0.1) is 0 Å². The lowest BCUT2D eigenvalue weighted by atomic mass is 10.0. The first-order valence-electron chi connectivity index (χ1n) is 6.04. The summed E-state index contributed by atoms with van der Waals surface area (Å²) in [5.74, 6) is -1.09. The van der Waals surface area contributed by atoms with E-state index in [0.29, 0.717) is 4.99 Å². The molecule has 1 fully saturated rings. The van der Waals surface area contributed by atoms with Gasteiger partial charge >= 0.3 is 0 Å². The number of nitrogens with two attached hydrogens (primary N) is 1. The van der Waals surface area contributed by atoms with Crippen LogP contribution in [0.1, 0.15) is 29.6 Å². The molecular formula is C13H14ClFN2OS. The van der Waals surface area contributed by atoms with Gasteiger partial charge in [0.1, 0.15) is 5.82 Å². The molecule has 1 saturated carbocycles. The molecule has 1 amide bonds. The van der Waals surface area contributed by atoms with Crippen molar-refractivity contribution in [1.29, 1.82) is 0 Å². The number of carbonyl (C=O) groups is 1. The minimum absolute atomic E-state index is 0.00527. The van der Waals surface area contributed by atoms with Crippen LogP contribution in [-0.4, -0.2) is 16.9 Å². The van der Waals surface area contributed by atoms with Gasteiger partial charge in [-0.25, -0.2) is 4.39 Å². The predicted molar refractivity (Wildman–Crippen MR) is 76.8 cm³/mol. The molecule has 1 aromatic carbocycles. The minimum Gasteiger partial charge on any atom is -0.393 e. The van der Waals surface area contributed by atoms with E-state index >= 15 is 0 Å². The van der Waals surface area contributed by atoms with Crippen molar-refractivity contribution in [3.63, 3.8) is 0 Å². The summed E-state index contributed by atoms with van der Waals surface area (Å²) in [6.45, 7) is 0. The number of hydrogen-bond acceptors (Lipinski definition) is 2. The molecule has 0 radical (unpaired) electrons. The van der Waals surface area contributed by atoms with Crippen molar-refractivity contribution in [2.45, 2.75) is 25.3 Å². The average molecular weight is 301 g/mol. The van der Waals surface area contributed by atoms with Crippen molar-refractivity contribution in [2.75, 3.05) is 0 Å². The molecule has 2 rings (SSSR count). The highest BCUT2D eigenvalue weighted by molar-refractivity contribution is 7.80. The fourth-order valence-electron chi connectivity index (χ4n) is 2.39. The molecule has 1 aromatic rings. The summed E-state index contributed by atoms with van der Waals surface area (Å²) >= 11 is 10.6. The fourth-order valence-corrected chi connectivity index (χ4v) is 2.83. The van der Waals surface area contributed by atoms with Gasteiger partial charge in [0, 0.05) is 17.0 Å². The zero-order valence-electron chi connectivity index (χ0n) is 10.2. The van der Waals surface area contributed by atoms with Crippen LogP contribution in [0.3, 0.4) is 0 Å². The van der Waals surface area contributed by atoms with E-state index in [9.17, 15) is 9.18 Å². The van der Waals surface area contributed by atoms with E-state index in [1.807, 2.05) is 0 Å². The highest BCUT2D eigenvalue weighted by Crippen LogP contribution is 2.26. The summed E-state index contributed by atoms with van der Waals surface area (Å²) in [7, 11) is 0. The van der Waals surface area contributed by atoms with Gasteiger partial charge in [-0.05, 0) is 31.0 Å². The van der Waals surface area contributed by atoms with Crippen molar-refractivity contribution in [1.82, 2.24) is 5.32 Å². The van der Waals surface area contributed by atoms with Gasteiger partial charge in [0.15, 0.2) is 0 Å². The van der Waals surface area contributed by atoms with Crippen LogP contribution < -0.4 is 11.1 Å². The lowest BCUT2D eigenvalue weighted by Gasteiger charge is -2.20. The van der Waals surface area contributed by atoms with Crippen molar-refractivity contribution in [3.8, 4) is 0 Å². The smallest absolute Gasteiger partial charge is 0.254 e. The van der Waals surface area contributed by atoms with E-state index in [4.69, 9.17) is 29.6 Å². The third kappa shape index (κ3) is 3.22. The van der Waals surface area contributed by atoms with Crippen LogP contribution in [-0.2, 0) is 0 Å². The summed E-state index contributed by atoms with van der Waals surface area (Å²) in [5, 5.41) is 3.06. The maximum absolute atomic E-state index is 13.6. The van der Waals surface area contributed by atoms with E-state index in [1.165, 1.54) is 12.1 Å². The summed E-state index contributed by atoms with van der Waals surface area (Å²) in [4.78, 5) is 12.4. The van der Waals surface area contributed by atoms with Crippen molar-refractivity contribution >= 4 is 34.7 Å². The first kappa shape index (κ1) is 14.2. The molecule has 0 aliphatic heterocycles. The lowest BCUT2D eigenvalue weighted by Crippen LogP contribution is -2.41. The molecule has 0 saturated heterocycles. The average Bonchev–Trinajstić information content (AvgIpc) is 2.76. The van der Waals surface area contributed by atoms with Gasteiger partial charge in [0.2, 0.25) is 0 Å². The normalized spacial score (nSPS) is 22.2. The van der Waals surface area contributed by atoms with E-state index in [0.717, 1.165) is 25.3 Å². The maximum atomic E-state index is 13.6. The van der Waals surface area contributed by atoms with Crippen LogP contribution in [0.25, 0.3) is 0 Å². The van der Waals surface area contributed by atoms with E-state index in [2.05, 4.69) is 5.32 Å². The van der Waals surface area contributed by atoms with Gasteiger partial charge in [-0.2, -0.15) is 0 Å². The molecule has 2 unspecified atom stereocenters. The Hall–Kier alpha value is -1.20. The first-order chi connectivity index (χ1) is 8.99. The van der Waals surface area contributed by atoms with Crippen molar-refractivity contribution in [2.24, 2.45) is 11.7 Å². The summed E-state index contributed by atoms with van der Waals surface area (Å²) in [6.07, 6.45) is 2.63. The van der Waals surface area contributed by atoms with Gasteiger partial charge < -0.3 is 11.1 Å². The van der Waals surface area contributed by atoms with Crippen LogP contribution in [0.5, 0.6) is 0 Å². The Morgan fingerprint density at radius 2 is 2.21 bits per heavy atom. The number of benzene rings is 1. The van der Waals surface area contributed by atoms with E-state index in [1.54, 1.807) is 0 Å². The SMILES string of the molecule is NC(=S)C1CCCC1NC(=O)c1ccc(Cl)cc1F. The quantitative estimate of drug-likeness (QED) is 0.844. The van der Waals surface area contributed by atoms with Crippen LogP contribution in [0.4, 0.5) is 4.39 Å². The van der Waals surface area contributed by atoms with Crippen LogP contribution in [0.15, 0.2) is 18.2 Å². The molecule has 0 heterocycles. The van der Waals surface area contributed by atoms with Crippen LogP contribution in [0.2, 0.25) is 5.02 Å². The van der Waals surface area contributed by atoms with Gasteiger partial charge in [-0.1, -0.05) is 30.2 Å². The molecule has 19 heavy (non-hydrogen) atoms.